The number of hydrogen-bond acceptors (Lipinski definition) is 0. The van der Waals surface area contributed by atoms with Gasteiger partial charge >= 0.3 is 0 Å². The molecule has 0 aliphatic rings. The lowest BCUT2D eigenvalue weighted by molar-refractivity contribution is 0.694. The second-order valence-electron chi connectivity index (χ2n) is 2.20. The summed E-state index contributed by atoms with van der Waals surface area (Å²) >= 11 is 0. The molecular formula is C9H16. The zero-order valence-corrected chi connectivity index (χ0v) is 6.32. The summed E-state index contributed by atoms with van der Waals surface area (Å²) in [7, 11) is 0. The average molecular weight is 124 g/mol. The van der Waals surface area contributed by atoms with Gasteiger partial charge in [-0.1, -0.05) is 38.3 Å². The molecule has 9 heavy (non-hydrogen) atoms. The highest BCUT2D eigenvalue weighted by molar-refractivity contribution is 4.68. The van der Waals surface area contributed by atoms with Gasteiger partial charge in [-0.15, -0.1) is 0 Å². The quantitative estimate of drug-likeness (QED) is 0.494. The number of allylic oxidation sites excluding steroid dienone is 2. The van der Waals surface area contributed by atoms with Crippen LogP contribution in [0.15, 0.2) is 6.08 Å². The molecule has 0 aliphatic carbocycles. The van der Waals surface area contributed by atoms with E-state index in [1.165, 1.54) is 25.7 Å². The molecule has 0 aromatic carbocycles. The molecule has 0 N–H and O–H groups in total. The second-order valence-corrected chi connectivity index (χ2v) is 2.20. The predicted molar refractivity (Wildman–Crippen MR) is 41.9 cm³/mol. The van der Waals surface area contributed by atoms with Crippen molar-refractivity contribution >= 4 is 0 Å². The van der Waals surface area contributed by atoms with Gasteiger partial charge in [0.25, 0.3) is 0 Å². The van der Waals surface area contributed by atoms with E-state index in [2.05, 4.69) is 19.1 Å². The first-order chi connectivity index (χ1) is 4.41. The van der Waals surface area contributed by atoms with Crippen molar-refractivity contribution < 1.29 is 0 Å². The third kappa shape index (κ3) is 7.74. The van der Waals surface area contributed by atoms with Gasteiger partial charge in [0, 0.05) is 0 Å². The molecule has 0 aliphatic heterocycles. The maximum atomic E-state index is 3.78. The minimum absolute atomic E-state index is 1.08. The summed E-state index contributed by atoms with van der Waals surface area (Å²) in [5.41, 5.74) is 0. The van der Waals surface area contributed by atoms with Gasteiger partial charge in [-0.2, -0.15) is 0 Å². The van der Waals surface area contributed by atoms with Crippen LogP contribution in [0.1, 0.15) is 39.0 Å². The Hall–Kier alpha value is -0.260. The summed E-state index contributed by atoms with van der Waals surface area (Å²) in [5.74, 6) is 0. The van der Waals surface area contributed by atoms with Crippen molar-refractivity contribution in [3.05, 3.63) is 19.1 Å². The molecule has 0 atom stereocenters. The second kappa shape index (κ2) is 7.74. The first-order valence-corrected chi connectivity index (χ1v) is 3.70. The van der Waals surface area contributed by atoms with Crippen LogP contribution in [0.2, 0.25) is 0 Å². The van der Waals surface area contributed by atoms with E-state index >= 15 is 0 Å². The van der Waals surface area contributed by atoms with Crippen molar-refractivity contribution in [1.82, 2.24) is 0 Å². The minimum atomic E-state index is 1.08. The van der Waals surface area contributed by atoms with Gasteiger partial charge in [0.2, 0.25) is 0 Å². The van der Waals surface area contributed by atoms with Gasteiger partial charge in [0.15, 0.2) is 0 Å². The first-order valence-electron chi connectivity index (χ1n) is 3.70. The molecule has 0 heteroatoms. The fourth-order valence-corrected chi connectivity index (χ4v) is 0.744. The Balaban J connectivity index is 2.75. The fourth-order valence-electron chi connectivity index (χ4n) is 0.744. The zero-order valence-electron chi connectivity index (χ0n) is 6.32. The molecule has 0 rings (SSSR count). The average Bonchev–Trinajstić information content (AvgIpc) is 1.89. The normalized spacial score (nSPS) is 10.9. The lowest BCUT2D eigenvalue weighted by atomic mass is 10.1. The molecule has 52 valence electrons. The van der Waals surface area contributed by atoms with Gasteiger partial charge in [0.05, 0.1) is 0 Å². The lowest BCUT2D eigenvalue weighted by Crippen LogP contribution is -1.72. The highest BCUT2D eigenvalue weighted by Gasteiger charge is 1.82. The summed E-state index contributed by atoms with van der Waals surface area (Å²) < 4.78 is 0. The van der Waals surface area contributed by atoms with Crippen molar-refractivity contribution in [2.75, 3.05) is 0 Å². The Bertz CT molecular complexity index is 62.4. The van der Waals surface area contributed by atoms with Crippen molar-refractivity contribution in [3.8, 4) is 0 Å². The van der Waals surface area contributed by atoms with E-state index in [9.17, 15) is 0 Å². The summed E-state index contributed by atoms with van der Waals surface area (Å²) in [6, 6.07) is 0. The number of hydrogen-bond donors (Lipinski definition) is 0. The van der Waals surface area contributed by atoms with E-state index < -0.39 is 0 Å². The van der Waals surface area contributed by atoms with Gasteiger partial charge in [-0.05, 0) is 19.8 Å². The standard InChI is InChI=1S/C9H16/c1-3-5-7-9-8-6-4-2/h6H,1,3,5,7-9H2,2H3. The van der Waals surface area contributed by atoms with Gasteiger partial charge in [0.1, 0.15) is 0 Å². The molecule has 0 nitrogen and oxygen atoms in total. The summed E-state index contributed by atoms with van der Waals surface area (Å²) in [4.78, 5) is 0. The maximum Gasteiger partial charge on any atom is -0.0345 e. The Labute approximate surface area is 59.0 Å². The van der Waals surface area contributed by atoms with E-state index in [-0.39, 0.29) is 0 Å². The van der Waals surface area contributed by atoms with E-state index in [4.69, 9.17) is 0 Å². The van der Waals surface area contributed by atoms with Crippen LogP contribution in [-0.2, 0) is 0 Å². The molecule has 0 heterocycles. The molecule has 0 aromatic rings. The molecule has 0 unspecified atom stereocenters. The van der Waals surface area contributed by atoms with Crippen molar-refractivity contribution in [2.45, 2.75) is 39.0 Å². The summed E-state index contributed by atoms with van der Waals surface area (Å²) in [6.07, 6.45) is 11.3. The van der Waals surface area contributed by atoms with Crippen LogP contribution < -0.4 is 0 Å². The summed E-state index contributed by atoms with van der Waals surface area (Å²) in [6.45, 7) is 5.72. The van der Waals surface area contributed by atoms with E-state index in [1.807, 2.05) is 6.92 Å². The molecule has 0 spiro atoms. The van der Waals surface area contributed by atoms with Crippen LogP contribution in [0.3, 0.4) is 0 Å². The van der Waals surface area contributed by atoms with Crippen LogP contribution in [0.25, 0.3) is 0 Å². The lowest BCUT2D eigenvalue weighted by Gasteiger charge is -1.92. The van der Waals surface area contributed by atoms with E-state index in [0.29, 0.717) is 0 Å². The number of unbranched alkanes of at least 4 members (excludes halogenated alkanes) is 4. The SMILES string of the molecule is [CH2]CCCCC/C=[C]/C. The van der Waals surface area contributed by atoms with Crippen LogP contribution in [0.4, 0.5) is 0 Å². The van der Waals surface area contributed by atoms with Gasteiger partial charge in [-0.3, -0.25) is 0 Å². The minimum Gasteiger partial charge on any atom is -0.0813 e. The molecule has 0 fully saturated rings. The van der Waals surface area contributed by atoms with Crippen LogP contribution in [0.5, 0.6) is 0 Å². The predicted octanol–water partition coefficient (Wildman–Crippen LogP) is 3.15. The third-order valence-electron chi connectivity index (χ3n) is 1.30. The van der Waals surface area contributed by atoms with Crippen LogP contribution >= 0.6 is 0 Å². The highest BCUT2D eigenvalue weighted by Crippen LogP contribution is 2.01. The topological polar surface area (TPSA) is 0 Å². The van der Waals surface area contributed by atoms with Gasteiger partial charge in [-0.25, -0.2) is 0 Å². The molecule has 0 bridgehead atoms. The maximum absolute atomic E-state index is 3.78. The van der Waals surface area contributed by atoms with Crippen LogP contribution in [0, 0.1) is 13.0 Å². The number of rotatable bonds is 5. The largest absolute Gasteiger partial charge is 0.0813 e. The monoisotopic (exact) mass is 124 g/mol. The molecule has 0 amide bonds. The Kier molecular flexibility index (Phi) is 7.52. The van der Waals surface area contributed by atoms with E-state index in [0.717, 1.165) is 6.42 Å². The molecular weight excluding hydrogens is 108 g/mol. The molecule has 0 aromatic heterocycles. The Morgan fingerprint density at radius 1 is 1.33 bits per heavy atom. The Morgan fingerprint density at radius 3 is 2.67 bits per heavy atom. The van der Waals surface area contributed by atoms with E-state index in [1.54, 1.807) is 0 Å². The smallest absolute Gasteiger partial charge is 0.0345 e. The Morgan fingerprint density at radius 2 is 2.11 bits per heavy atom. The zero-order chi connectivity index (χ0) is 6.95. The first kappa shape index (κ1) is 8.74. The fraction of sp³-hybridized carbons (Fsp3) is 0.667. The van der Waals surface area contributed by atoms with Crippen molar-refractivity contribution in [2.24, 2.45) is 0 Å². The molecule has 0 saturated heterocycles. The molecule has 0 saturated carbocycles. The van der Waals surface area contributed by atoms with Crippen molar-refractivity contribution in [3.63, 3.8) is 0 Å². The van der Waals surface area contributed by atoms with Gasteiger partial charge < -0.3 is 0 Å². The van der Waals surface area contributed by atoms with Crippen molar-refractivity contribution in [1.29, 1.82) is 0 Å². The highest BCUT2D eigenvalue weighted by atomic mass is 13.9. The van der Waals surface area contributed by atoms with Crippen LogP contribution in [-0.4, -0.2) is 0 Å². The summed E-state index contributed by atoms with van der Waals surface area (Å²) in [5, 5.41) is 0. The molecule has 2 radical (unpaired) electrons. The third-order valence-corrected chi connectivity index (χ3v) is 1.30.